The summed E-state index contributed by atoms with van der Waals surface area (Å²) in [6, 6.07) is 8.86. The number of carbonyl (C=O) groups excluding carboxylic acids is 1. The molecule has 1 amide bonds. The molecule has 1 atom stereocenters. The molecule has 0 fully saturated rings. The fourth-order valence-corrected chi connectivity index (χ4v) is 2.74. The number of carbonyl (C=O) groups is 1. The van der Waals surface area contributed by atoms with Gasteiger partial charge in [-0.25, -0.2) is 0 Å². The first kappa shape index (κ1) is 16.5. The Kier molecular flexibility index (Phi) is 4.82. The van der Waals surface area contributed by atoms with E-state index in [2.05, 4.69) is 5.10 Å². The number of fused-ring (bicyclic) bond motifs is 1. The number of aliphatic hydroxyl groups is 1. The van der Waals surface area contributed by atoms with Crippen molar-refractivity contribution >= 4 is 5.91 Å². The van der Waals surface area contributed by atoms with E-state index in [9.17, 15) is 9.90 Å². The van der Waals surface area contributed by atoms with Crippen molar-refractivity contribution in [2.24, 2.45) is 0 Å². The number of hydrogen-bond donors (Lipinski definition) is 1. The van der Waals surface area contributed by atoms with Gasteiger partial charge in [-0.1, -0.05) is 0 Å². The van der Waals surface area contributed by atoms with Crippen LogP contribution in [-0.2, 0) is 17.8 Å². The molecular formula is C17H21N3O4. The number of nitrogens with zero attached hydrogens (tertiary/aromatic N) is 3. The van der Waals surface area contributed by atoms with Crippen LogP contribution in [0.5, 0.6) is 5.75 Å². The molecule has 0 radical (unpaired) electrons. The Labute approximate surface area is 140 Å². The quantitative estimate of drug-likeness (QED) is 0.842. The highest BCUT2D eigenvalue weighted by Gasteiger charge is 2.24. The first-order chi connectivity index (χ1) is 11.6. The third-order valence-corrected chi connectivity index (χ3v) is 4.02. The maximum atomic E-state index is 12.6. The van der Waals surface area contributed by atoms with E-state index in [1.807, 2.05) is 11.6 Å². The third-order valence-electron chi connectivity index (χ3n) is 4.02. The Morgan fingerprint density at radius 3 is 2.75 bits per heavy atom. The van der Waals surface area contributed by atoms with Crippen LogP contribution in [0, 0.1) is 0 Å². The van der Waals surface area contributed by atoms with E-state index in [1.165, 1.54) is 0 Å². The molecule has 1 aromatic carbocycles. The number of aliphatic hydroxyl groups excluding tert-OH is 1. The minimum absolute atomic E-state index is 0.0305. The van der Waals surface area contributed by atoms with Gasteiger partial charge in [0, 0.05) is 18.7 Å². The van der Waals surface area contributed by atoms with Gasteiger partial charge >= 0.3 is 0 Å². The predicted molar refractivity (Wildman–Crippen MR) is 86.5 cm³/mol. The zero-order valence-corrected chi connectivity index (χ0v) is 13.8. The van der Waals surface area contributed by atoms with Gasteiger partial charge in [0.05, 0.1) is 25.9 Å². The van der Waals surface area contributed by atoms with Crippen LogP contribution >= 0.6 is 0 Å². The molecule has 128 valence electrons. The lowest BCUT2D eigenvalue weighted by Crippen LogP contribution is -2.38. The number of methoxy groups -OCH3 is 1. The molecule has 2 aromatic rings. The van der Waals surface area contributed by atoms with Crippen molar-refractivity contribution < 1.29 is 19.4 Å². The maximum absolute atomic E-state index is 12.6. The minimum atomic E-state index is -1.03. The Hall–Kier alpha value is -2.38. The van der Waals surface area contributed by atoms with Gasteiger partial charge in [-0.3, -0.25) is 9.48 Å². The fourth-order valence-electron chi connectivity index (χ4n) is 2.74. The number of rotatable bonds is 5. The van der Waals surface area contributed by atoms with Crippen LogP contribution in [0.1, 0.15) is 35.0 Å². The fraction of sp³-hybridized carbons (Fsp3) is 0.412. The highest BCUT2D eigenvalue weighted by molar-refractivity contribution is 5.94. The average Bonchev–Trinajstić information content (AvgIpc) is 3.04. The van der Waals surface area contributed by atoms with E-state index in [4.69, 9.17) is 9.47 Å². The molecule has 2 heterocycles. The molecule has 0 bridgehead atoms. The molecule has 1 N–H and O–H groups in total. The Morgan fingerprint density at radius 2 is 2.08 bits per heavy atom. The Balaban J connectivity index is 1.73. The van der Waals surface area contributed by atoms with Crippen molar-refractivity contribution in [1.29, 1.82) is 0 Å². The molecule has 0 saturated carbocycles. The predicted octanol–water partition coefficient (Wildman–Crippen LogP) is 1.58. The summed E-state index contributed by atoms with van der Waals surface area (Å²) in [6.45, 7) is 3.84. The summed E-state index contributed by atoms with van der Waals surface area (Å²) in [4.78, 5) is 14.4. The van der Waals surface area contributed by atoms with Crippen LogP contribution in [0.4, 0.5) is 0 Å². The number of ether oxygens (including phenoxy) is 2. The first-order valence-corrected chi connectivity index (χ1v) is 7.92. The van der Waals surface area contributed by atoms with Crippen LogP contribution in [-0.4, -0.2) is 46.0 Å². The van der Waals surface area contributed by atoms with Crippen LogP contribution in [0.25, 0.3) is 0 Å². The lowest BCUT2D eigenvalue weighted by Gasteiger charge is -2.27. The number of benzene rings is 1. The smallest absolute Gasteiger partial charge is 0.254 e. The van der Waals surface area contributed by atoms with Crippen molar-refractivity contribution in [2.75, 3.05) is 20.3 Å². The topological polar surface area (TPSA) is 76.8 Å². The molecule has 24 heavy (non-hydrogen) atoms. The molecule has 1 aliphatic heterocycles. The van der Waals surface area contributed by atoms with E-state index in [-0.39, 0.29) is 5.91 Å². The normalized spacial score (nSPS) is 15.0. The van der Waals surface area contributed by atoms with Gasteiger partial charge < -0.3 is 19.5 Å². The Morgan fingerprint density at radius 1 is 1.33 bits per heavy atom. The van der Waals surface area contributed by atoms with Gasteiger partial charge in [-0.15, -0.1) is 0 Å². The second-order valence-electron chi connectivity index (χ2n) is 5.55. The van der Waals surface area contributed by atoms with Gasteiger partial charge in [0.25, 0.3) is 5.91 Å². The van der Waals surface area contributed by atoms with Gasteiger partial charge in [-0.2, -0.15) is 5.10 Å². The van der Waals surface area contributed by atoms with E-state index in [1.54, 1.807) is 42.3 Å². The van der Waals surface area contributed by atoms with Crippen molar-refractivity contribution in [3.05, 3.63) is 47.3 Å². The summed E-state index contributed by atoms with van der Waals surface area (Å²) < 4.78 is 12.1. The van der Waals surface area contributed by atoms with Crippen molar-refractivity contribution in [2.45, 2.75) is 26.3 Å². The lowest BCUT2D eigenvalue weighted by molar-refractivity contribution is -0.101. The monoisotopic (exact) mass is 331 g/mol. The molecule has 1 aromatic heterocycles. The summed E-state index contributed by atoms with van der Waals surface area (Å²) in [5.74, 6) is 0.690. The van der Waals surface area contributed by atoms with Crippen LogP contribution in [0.3, 0.4) is 0 Å². The number of aromatic nitrogens is 2. The second kappa shape index (κ2) is 7.02. The summed E-state index contributed by atoms with van der Waals surface area (Å²) in [6.07, 6.45) is -1.03. The second-order valence-corrected chi connectivity index (χ2v) is 5.55. The van der Waals surface area contributed by atoms with Crippen LogP contribution in [0.2, 0.25) is 0 Å². The SMILES string of the molecule is CCOC(O)c1cc2n(n1)CCN(C(=O)c1ccc(OC)cc1)C2. The summed E-state index contributed by atoms with van der Waals surface area (Å²) in [5.41, 5.74) is 1.99. The molecule has 0 aliphatic carbocycles. The van der Waals surface area contributed by atoms with Crippen molar-refractivity contribution in [3.63, 3.8) is 0 Å². The first-order valence-electron chi connectivity index (χ1n) is 7.92. The Bertz CT molecular complexity index is 711. The third kappa shape index (κ3) is 3.27. The summed E-state index contributed by atoms with van der Waals surface area (Å²) in [5, 5.41) is 14.2. The zero-order chi connectivity index (χ0) is 17.1. The number of amides is 1. The summed E-state index contributed by atoms with van der Waals surface area (Å²) in [7, 11) is 1.59. The molecule has 1 aliphatic rings. The number of hydrogen-bond acceptors (Lipinski definition) is 5. The van der Waals surface area contributed by atoms with Crippen molar-refractivity contribution in [1.82, 2.24) is 14.7 Å². The molecule has 7 heteroatoms. The molecule has 0 spiro atoms. The molecule has 0 saturated heterocycles. The zero-order valence-electron chi connectivity index (χ0n) is 13.8. The van der Waals surface area contributed by atoms with Crippen LogP contribution in [0.15, 0.2) is 30.3 Å². The van der Waals surface area contributed by atoms with Crippen LogP contribution < -0.4 is 4.74 Å². The minimum Gasteiger partial charge on any atom is -0.497 e. The van der Waals surface area contributed by atoms with Gasteiger partial charge in [-0.05, 0) is 37.3 Å². The van der Waals surface area contributed by atoms with E-state index in [0.717, 1.165) is 11.4 Å². The van der Waals surface area contributed by atoms with Gasteiger partial charge in [0.15, 0.2) is 6.29 Å². The standard InChI is InChI=1S/C17H21N3O4/c1-3-24-17(22)15-10-13-11-19(8-9-20(13)18-15)16(21)12-4-6-14(23-2)7-5-12/h4-7,10,17,22H,3,8-9,11H2,1-2H3. The van der Waals surface area contributed by atoms with Gasteiger partial charge in [0.1, 0.15) is 11.4 Å². The van der Waals surface area contributed by atoms with E-state index >= 15 is 0 Å². The molecule has 3 rings (SSSR count). The van der Waals surface area contributed by atoms with Gasteiger partial charge in [0.2, 0.25) is 0 Å². The molecule has 7 nitrogen and oxygen atoms in total. The maximum Gasteiger partial charge on any atom is 0.254 e. The lowest BCUT2D eigenvalue weighted by atomic mass is 10.1. The van der Waals surface area contributed by atoms with E-state index < -0.39 is 6.29 Å². The van der Waals surface area contributed by atoms with Crippen molar-refractivity contribution in [3.8, 4) is 5.75 Å². The molecular weight excluding hydrogens is 310 g/mol. The highest BCUT2D eigenvalue weighted by atomic mass is 16.6. The average molecular weight is 331 g/mol. The summed E-state index contributed by atoms with van der Waals surface area (Å²) >= 11 is 0. The van der Waals surface area contributed by atoms with E-state index in [0.29, 0.717) is 37.5 Å². The largest absolute Gasteiger partial charge is 0.497 e. The highest BCUT2D eigenvalue weighted by Crippen LogP contribution is 2.21. The molecule has 1 unspecified atom stereocenters.